The van der Waals surface area contributed by atoms with Crippen molar-refractivity contribution in [3.63, 3.8) is 0 Å². The van der Waals surface area contributed by atoms with E-state index in [2.05, 4.69) is 181 Å². The molecule has 7 aromatic rings. The van der Waals surface area contributed by atoms with Crippen molar-refractivity contribution >= 4 is 39.1 Å². The molecule has 7 aromatic carbocycles. The molecule has 9 rings (SSSR count). The lowest BCUT2D eigenvalue weighted by atomic mass is 9.88. The molecular weight excluding hydrogens is 757 g/mol. The fraction of sp³-hybridized carbons (Fsp3) is 0.0345. The number of ether oxygens (including phenoxy) is 2. The third-order valence-corrected chi connectivity index (χ3v) is 11.2. The highest BCUT2D eigenvalue weighted by atomic mass is 16.5. The summed E-state index contributed by atoms with van der Waals surface area (Å²) in [6.07, 6.45) is 16.3. The van der Waals surface area contributed by atoms with Crippen LogP contribution in [0.4, 0.5) is 22.7 Å². The van der Waals surface area contributed by atoms with Crippen LogP contribution in [0.15, 0.2) is 249 Å². The maximum absolute atomic E-state index is 6.82. The number of allylic oxidation sites excluding steroid dienone is 10. The highest BCUT2D eigenvalue weighted by Crippen LogP contribution is 2.54. The summed E-state index contributed by atoms with van der Waals surface area (Å²) in [6.45, 7) is 17.3. The number of rotatable bonds is 12. The summed E-state index contributed by atoms with van der Waals surface area (Å²) in [5.74, 6) is 2.92. The second-order valence-electron chi connectivity index (χ2n) is 15.0. The van der Waals surface area contributed by atoms with Gasteiger partial charge in [0, 0.05) is 68.2 Å². The normalized spacial score (nSPS) is 13.8. The predicted molar refractivity (Wildman–Crippen MR) is 261 cm³/mol. The summed E-state index contributed by atoms with van der Waals surface area (Å²) >= 11 is 0. The highest BCUT2D eigenvalue weighted by molar-refractivity contribution is 6.13. The number of para-hydroxylation sites is 2. The fourth-order valence-electron chi connectivity index (χ4n) is 8.28. The van der Waals surface area contributed by atoms with Crippen molar-refractivity contribution in [2.24, 2.45) is 0 Å². The van der Waals surface area contributed by atoms with Gasteiger partial charge >= 0.3 is 0 Å². The van der Waals surface area contributed by atoms with Crippen LogP contribution in [-0.4, -0.2) is 0 Å². The van der Waals surface area contributed by atoms with Gasteiger partial charge < -0.3 is 19.3 Å². The van der Waals surface area contributed by atoms with Crippen LogP contribution in [0, 0.1) is 0 Å². The van der Waals surface area contributed by atoms with Gasteiger partial charge in [-0.25, -0.2) is 0 Å². The SMILES string of the molecule is C=C\C=C(/C=C/C(/C=C\C)=C/C)N(c1ccccc1)c1ccc2c(c1)Oc1ccc3c4c(ccc-2c14)O/C(=C/C(=C)N(c1ccccc1)c1cccc(-c2ccccc2)c1)C3=C. The third-order valence-electron chi connectivity index (χ3n) is 11.2. The summed E-state index contributed by atoms with van der Waals surface area (Å²) in [5, 5.41) is 1.98. The maximum Gasteiger partial charge on any atom is 0.137 e. The molecule has 0 radical (unpaired) electrons. The van der Waals surface area contributed by atoms with E-state index in [0.717, 1.165) is 101 Å². The number of anilines is 4. The Labute approximate surface area is 364 Å². The fourth-order valence-corrected chi connectivity index (χ4v) is 8.28. The lowest BCUT2D eigenvalue weighted by Crippen LogP contribution is -2.16. The molecule has 0 N–H and O–H groups in total. The molecule has 0 amide bonds. The van der Waals surface area contributed by atoms with Gasteiger partial charge in [-0.15, -0.1) is 0 Å². The lowest BCUT2D eigenvalue weighted by Gasteiger charge is -2.31. The summed E-state index contributed by atoms with van der Waals surface area (Å²) < 4.78 is 13.6. The van der Waals surface area contributed by atoms with Gasteiger partial charge in [-0.05, 0) is 127 Å². The van der Waals surface area contributed by atoms with Crippen LogP contribution in [-0.2, 0) is 0 Å². The van der Waals surface area contributed by atoms with Crippen LogP contribution in [0.5, 0.6) is 17.2 Å². The van der Waals surface area contributed by atoms with Crippen molar-refractivity contribution in [2.45, 2.75) is 13.8 Å². The second-order valence-corrected chi connectivity index (χ2v) is 15.0. The minimum atomic E-state index is 0.637. The van der Waals surface area contributed by atoms with Crippen molar-refractivity contribution < 1.29 is 9.47 Å². The van der Waals surface area contributed by atoms with Crippen molar-refractivity contribution in [3.8, 4) is 39.5 Å². The Morgan fingerprint density at radius 2 is 1.13 bits per heavy atom. The molecule has 0 aromatic heterocycles. The zero-order chi connectivity index (χ0) is 42.6. The molecular formula is C58H46N2O2. The van der Waals surface area contributed by atoms with E-state index in [0.29, 0.717) is 5.76 Å². The van der Waals surface area contributed by atoms with Gasteiger partial charge in [0.2, 0.25) is 0 Å². The summed E-state index contributed by atoms with van der Waals surface area (Å²) in [5.41, 5.74) is 12.9. The molecule has 2 aliphatic heterocycles. The monoisotopic (exact) mass is 802 g/mol. The van der Waals surface area contributed by atoms with E-state index < -0.39 is 0 Å². The number of hydrogen-bond donors (Lipinski definition) is 0. The Kier molecular flexibility index (Phi) is 11.0. The van der Waals surface area contributed by atoms with Crippen LogP contribution in [0.2, 0.25) is 0 Å². The average molecular weight is 803 g/mol. The first-order valence-corrected chi connectivity index (χ1v) is 20.8. The van der Waals surface area contributed by atoms with Crippen molar-refractivity contribution in [2.75, 3.05) is 9.80 Å². The largest absolute Gasteiger partial charge is 0.456 e. The van der Waals surface area contributed by atoms with E-state index in [9.17, 15) is 0 Å². The number of benzene rings is 7. The summed E-state index contributed by atoms with van der Waals surface area (Å²) in [4.78, 5) is 4.37. The quantitative estimate of drug-likeness (QED) is 0.115. The van der Waals surface area contributed by atoms with Gasteiger partial charge in [0.05, 0.1) is 0 Å². The first-order valence-electron chi connectivity index (χ1n) is 20.8. The molecule has 2 aliphatic rings. The van der Waals surface area contributed by atoms with Crippen LogP contribution >= 0.6 is 0 Å². The molecule has 0 aliphatic carbocycles. The van der Waals surface area contributed by atoms with Gasteiger partial charge in [0.15, 0.2) is 0 Å². The molecule has 4 nitrogen and oxygen atoms in total. The predicted octanol–water partition coefficient (Wildman–Crippen LogP) is 16.2. The standard InChI is InChI=1S/C58H46N2O2/c1-6-19-42(8-3)29-30-45(20-7-2)60(47-26-16-11-17-27-47)49-31-32-51-52-34-36-53-57-50(33-35-54(58(52)57)62-56(51)39-49)41(5)55(61-53)37-40(4)59(46-24-14-10-15-25-46)48-28-18-23-44(38-48)43-21-12-9-13-22-43/h6-39H,2,4-5H2,1,3H3/b19-6-,30-29+,42-8+,45-20+,55-37+. The molecule has 0 bridgehead atoms. The van der Waals surface area contributed by atoms with Gasteiger partial charge in [0.1, 0.15) is 23.0 Å². The van der Waals surface area contributed by atoms with Crippen molar-refractivity contribution in [1.82, 2.24) is 0 Å². The Bertz CT molecular complexity index is 3020. The molecule has 0 unspecified atom stereocenters. The van der Waals surface area contributed by atoms with Gasteiger partial charge in [-0.1, -0.05) is 129 Å². The van der Waals surface area contributed by atoms with Crippen molar-refractivity contribution in [3.05, 3.63) is 254 Å². The molecule has 62 heavy (non-hydrogen) atoms. The zero-order valence-electron chi connectivity index (χ0n) is 35.0. The number of hydrogen-bond acceptors (Lipinski definition) is 4. The smallest absolute Gasteiger partial charge is 0.137 e. The molecule has 0 saturated heterocycles. The topological polar surface area (TPSA) is 24.9 Å². The minimum absolute atomic E-state index is 0.637. The lowest BCUT2D eigenvalue weighted by molar-refractivity contribution is 0.449. The van der Waals surface area contributed by atoms with Crippen LogP contribution in [0.1, 0.15) is 19.4 Å². The van der Waals surface area contributed by atoms with Crippen LogP contribution in [0.3, 0.4) is 0 Å². The van der Waals surface area contributed by atoms with Crippen LogP contribution in [0.25, 0.3) is 38.6 Å². The second kappa shape index (κ2) is 17.3. The Morgan fingerprint density at radius 3 is 1.82 bits per heavy atom. The molecule has 300 valence electrons. The Balaban J connectivity index is 1.07. The van der Waals surface area contributed by atoms with E-state index in [4.69, 9.17) is 9.47 Å². The number of fused-ring (bicyclic) bond motifs is 2. The molecule has 2 heterocycles. The molecule has 0 fully saturated rings. The zero-order valence-corrected chi connectivity index (χ0v) is 35.0. The maximum atomic E-state index is 6.82. The molecule has 0 atom stereocenters. The Morgan fingerprint density at radius 1 is 0.532 bits per heavy atom. The van der Waals surface area contributed by atoms with E-state index in [1.54, 1.807) is 0 Å². The minimum Gasteiger partial charge on any atom is -0.456 e. The highest BCUT2D eigenvalue weighted by Gasteiger charge is 2.30. The number of nitrogens with zero attached hydrogens (tertiary/aromatic N) is 2. The van der Waals surface area contributed by atoms with Gasteiger partial charge in [0.25, 0.3) is 0 Å². The van der Waals surface area contributed by atoms with E-state index in [-0.39, 0.29) is 0 Å². The van der Waals surface area contributed by atoms with Gasteiger partial charge in [-0.2, -0.15) is 0 Å². The summed E-state index contributed by atoms with van der Waals surface area (Å²) in [7, 11) is 0. The molecule has 0 saturated carbocycles. The van der Waals surface area contributed by atoms with Crippen molar-refractivity contribution in [1.29, 1.82) is 0 Å². The van der Waals surface area contributed by atoms with Gasteiger partial charge in [-0.3, -0.25) is 0 Å². The first kappa shape index (κ1) is 39.4. The van der Waals surface area contributed by atoms with E-state index >= 15 is 0 Å². The summed E-state index contributed by atoms with van der Waals surface area (Å²) in [6, 6.07) is 54.3. The third kappa shape index (κ3) is 7.51. The molecule has 0 spiro atoms. The Hall–Kier alpha value is -8.08. The molecule has 4 heteroatoms. The van der Waals surface area contributed by atoms with E-state index in [1.165, 1.54) is 0 Å². The average Bonchev–Trinajstić information content (AvgIpc) is 3.31. The first-order chi connectivity index (χ1) is 30.4. The van der Waals surface area contributed by atoms with Crippen LogP contribution < -0.4 is 19.3 Å². The van der Waals surface area contributed by atoms with E-state index in [1.807, 2.05) is 68.5 Å².